The minimum atomic E-state index is -3.56. The average Bonchev–Trinajstić information content (AvgIpc) is 2.61. The molecule has 2 aliphatic heterocycles. The zero-order valence-corrected chi connectivity index (χ0v) is 16.9. The topological polar surface area (TPSA) is 68.8 Å². The van der Waals surface area contributed by atoms with Crippen LogP contribution < -0.4 is 9.62 Å². The predicted molar refractivity (Wildman–Crippen MR) is 104 cm³/mol. The number of nitrogens with zero attached hydrogens (tertiary/aromatic N) is 4. The van der Waals surface area contributed by atoms with Crippen LogP contribution in [0.25, 0.3) is 0 Å². The number of hydrogen-bond donors (Lipinski definition) is 1. The van der Waals surface area contributed by atoms with E-state index in [-0.39, 0.29) is 10.9 Å². The van der Waals surface area contributed by atoms with Crippen LogP contribution in [0, 0.1) is 0 Å². The van der Waals surface area contributed by atoms with Crippen LogP contribution in [0.2, 0.25) is 0 Å². The maximum Gasteiger partial charge on any atom is 0.244 e. The SMILES string of the molecule is CC(C)NS(=O)(=O)c1cccnc1N1CCN([C@H]2CCCN(C)C2)CC1. The van der Waals surface area contributed by atoms with Gasteiger partial charge in [0.25, 0.3) is 0 Å². The fourth-order valence-corrected chi connectivity index (χ4v) is 5.37. The van der Waals surface area contributed by atoms with Gasteiger partial charge in [-0.25, -0.2) is 18.1 Å². The van der Waals surface area contributed by atoms with Crippen molar-refractivity contribution < 1.29 is 8.42 Å². The fraction of sp³-hybridized carbons (Fsp3) is 0.722. The van der Waals surface area contributed by atoms with Gasteiger partial charge < -0.3 is 9.80 Å². The summed E-state index contributed by atoms with van der Waals surface area (Å²) in [6.07, 6.45) is 4.18. The molecule has 3 rings (SSSR count). The molecule has 1 atom stereocenters. The second kappa shape index (κ2) is 8.21. The first-order chi connectivity index (χ1) is 12.4. The molecule has 1 N–H and O–H groups in total. The van der Waals surface area contributed by atoms with Crippen LogP contribution in [0.15, 0.2) is 23.2 Å². The molecule has 7 nitrogen and oxygen atoms in total. The van der Waals surface area contributed by atoms with Crippen LogP contribution in [0.1, 0.15) is 26.7 Å². The van der Waals surface area contributed by atoms with Crippen molar-refractivity contribution in [3.63, 3.8) is 0 Å². The van der Waals surface area contributed by atoms with Crippen LogP contribution in [0.3, 0.4) is 0 Å². The number of anilines is 1. The molecule has 0 saturated carbocycles. The molecule has 26 heavy (non-hydrogen) atoms. The summed E-state index contributed by atoms with van der Waals surface area (Å²) in [5, 5.41) is 0. The van der Waals surface area contributed by atoms with Gasteiger partial charge in [0.1, 0.15) is 10.7 Å². The van der Waals surface area contributed by atoms with Crippen molar-refractivity contribution in [3.8, 4) is 0 Å². The van der Waals surface area contributed by atoms with Gasteiger partial charge >= 0.3 is 0 Å². The molecule has 0 bridgehead atoms. The molecule has 3 heterocycles. The van der Waals surface area contributed by atoms with Gasteiger partial charge in [-0.15, -0.1) is 0 Å². The fourth-order valence-electron chi connectivity index (χ4n) is 3.94. The summed E-state index contributed by atoms with van der Waals surface area (Å²) >= 11 is 0. The van der Waals surface area contributed by atoms with Gasteiger partial charge in [0.2, 0.25) is 10.0 Å². The van der Waals surface area contributed by atoms with Crippen molar-refractivity contribution in [1.29, 1.82) is 0 Å². The Kier molecular flexibility index (Phi) is 6.17. The summed E-state index contributed by atoms with van der Waals surface area (Å²) in [7, 11) is -1.37. The van der Waals surface area contributed by atoms with Crippen molar-refractivity contribution >= 4 is 15.8 Å². The summed E-state index contributed by atoms with van der Waals surface area (Å²) in [5.74, 6) is 0.570. The lowest BCUT2D eigenvalue weighted by atomic mass is 10.0. The van der Waals surface area contributed by atoms with E-state index < -0.39 is 10.0 Å². The summed E-state index contributed by atoms with van der Waals surface area (Å²) in [6, 6.07) is 3.81. The Morgan fingerprint density at radius 1 is 1.19 bits per heavy atom. The van der Waals surface area contributed by atoms with Crippen LogP contribution in [0.4, 0.5) is 5.82 Å². The number of piperidine rings is 1. The van der Waals surface area contributed by atoms with Crippen molar-refractivity contribution in [3.05, 3.63) is 18.3 Å². The van der Waals surface area contributed by atoms with Crippen molar-refractivity contribution in [2.75, 3.05) is 51.2 Å². The molecular formula is C18H31N5O2S. The lowest BCUT2D eigenvalue weighted by molar-refractivity contribution is 0.106. The molecule has 8 heteroatoms. The summed E-state index contributed by atoms with van der Waals surface area (Å²) < 4.78 is 28.0. The first-order valence-corrected chi connectivity index (χ1v) is 11.0. The highest BCUT2D eigenvalue weighted by atomic mass is 32.2. The van der Waals surface area contributed by atoms with Gasteiger partial charge in [0.05, 0.1) is 0 Å². The van der Waals surface area contributed by atoms with E-state index in [2.05, 4.69) is 31.5 Å². The van der Waals surface area contributed by atoms with Crippen LogP contribution in [-0.4, -0.2) is 81.6 Å². The van der Waals surface area contributed by atoms with E-state index in [4.69, 9.17) is 0 Å². The number of aromatic nitrogens is 1. The minimum absolute atomic E-state index is 0.145. The van der Waals surface area contributed by atoms with E-state index >= 15 is 0 Å². The van der Waals surface area contributed by atoms with Crippen LogP contribution >= 0.6 is 0 Å². The Hall–Kier alpha value is -1.22. The maximum absolute atomic E-state index is 12.7. The zero-order valence-electron chi connectivity index (χ0n) is 16.1. The Labute approximate surface area is 157 Å². The normalized spacial score (nSPS) is 23.5. The second-order valence-corrected chi connectivity index (χ2v) is 9.36. The largest absolute Gasteiger partial charge is 0.353 e. The monoisotopic (exact) mass is 381 g/mol. The standard InChI is InChI=1S/C18H31N5O2S/c1-15(2)20-26(24,25)17-7-4-8-19-18(17)23-12-10-22(11-13-23)16-6-5-9-21(3)14-16/h4,7-8,15-16,20H,5-6,9-14H2,1-3H3/t16-/m0/s1. The van der Waals surface area contributed by atoms with E-state index in [0.29, 0.717) is 11.9 Å². The lowest BCUT2D eigenvalue weighted by Crippen LogP contribution is -2.54. The second-order valence-electron chi connectivity index (χ2n) is 7.68. The van der Waals surface area contributed by atoms with Crippen molar-refractivity contribution in [2.24, 2.45) is 0 Å². The van der Waals surface area contributed by atoms with Gasteiger partial charge in [0, 0.05) is 51.0 Å². The summed E-state index contributed by atoms with van der Waals surface area (Å²) in [4.78, 5) is 11.7. The first kappa shape index (κ1) is 19.5. The molecular weight excluding hydrogens is 350 g/mol. The van der Waals surface area contributed by atoms with E-state index in [1.807, 2.05) is 13.8 Å². The Balaban J connectivity index is 1.70. The molecule has 0 unspecified atom stereocenters. The number of pyridine rings is 1. The number of rotatable bonds is 5. The highest BCUT2D eigenvalue weighted by molar-refractivity contribution is 7.89. The number of sulfonamides is 1. The number of hydrogen-bond acceptors (Lipinski definition) is 6. The Morgan fingerprint density at radius 3 is 2.58 bits per heavy atom. The Bertz CT molecular complexity index is 701. The van der Waals surface area contributed by atoms with E-state index in [0.717, 1.165) is 32.7 Å². The molecule has 2 aliphatic rings. The molecule has 0 radical (unpaired) electrons. The van der Waals surface area contributed by atoms with E-state index in [1.165, 1.54) is 19.4 Å². The number of piperazine rings is 1. The molecule has 0 aliphatic carbocycles. The molecule has 0 amide bonds. The Morgan fingerprint density at radius 2 is 1.92 bits per heavy atom. The third kappa shape index (κ3) is 4.54. The maximum atomic E-state index is 12.7. The smallest absolute Gasteiger partial charge is 0.244 e. The van der Waals surface area contributed by atoms with E-state index in [9.17, 15) is 8.42 Å². The van der Waals surface area contributed by atoms with Crippen molar-refractivity contribution in [2.45, 2.75) is 43.7 Å². The molecule has 1 aromatic heterocycles. The van der Waals surface area contributed by atoms with Gasteiger partial charge in [0.15, 0.2) is 0 Å². The van der Waals surface area contributed by atoms with Crippen LogP contribution in [0.5, 0.6) is 0 Å². The third-order valence-electron chi connectivity index (χ3n) is 5.16. The molecule has 1 aromatic rings. The molecule has 0 aromatic carbocycles. The predicted octanol–water partition coefficient (Wildman–Crippen LogP) is 0.985. The number of likely N-dealkylation sites (N-methyl/N-ethyl adjacent to an activating group) is 1. The highest BCUT2D eigenvalue weighted by Crippen LogP contribution is 2.25. The van der Waals surface area contributed by atoms with Crippen LogP contribution in [-0.2, 0) is 10.0 Å². The molecule has 146 valence electrons. The third-order valence-corrected chi connectivity index (χ3v) is 6.84. The summed E-state index contributed by atoms with van der Waals surface area (Å²) in [5.41, 5.74) is 0. The molecule has 2 fully saturated rings. The first-order valence-electron chi connectivity index (χ1n) is 9.51. The number of likely N-dealkylation sites (tertiary alicyclic amines) is 1. The highest BCUT2D eigenvalue weighted by Gasteiger charge is 2.30. The summed E-state index contributed by atoms with van der Waals surface area (Å²) in [6.45, 7) is 9.48. The van der Waals surface area contributed by atoms with Gasteiger partial charge in [-0.2, -0.15) is 0 Å². The minimum Gasteiger partial charge on any atom is -0.353 e. The average molecular weight is 382 g/mol. The van der Waals surface area contributed by atoms with E-state index in [1.54, 1.807) is 18.3 Å². The quantitative estimate of drug-likeness (QED) is 0.820. The van der Waals surface area contributed by atoms with Gasteiger partial charge in [-0.05, 0) is 52.4 Å². The zero-order chi connectivity index (χ0) is 18.7. The lowest BCUT2D eigenvalue weighted by Gasteiger charge is -2.43. The molecule has 0 spiro atoms. The van der Waals surface area contributed by atoms with Crippen molar-refractivity contribution in [1.82, 2.24) is 19.5 Å². The molecule has 2 saturated heterocycles. The van der Waals surface area contributed by atoms with Gasteiger partial charge in [-0.3, -0.25) is 4.90 Å². The van der Waals surface area contributed by atoms with Gasteiger partial charge in [-0.1, -0.05) is 0 Å². The number of nitrogens with one attached hydrogen (secondary N) is 1.